The van der Waals surface area contributed by atoms with E-state index < -0.39 is 0 Å². The van der Waals surface area contributed by atoms with Crippen molar-refractivity contribution in [3.05, 3.63) is 66.2 Å². The number of aryl methyl sites for hydroxylation is 1. The summed E-state index contributed by atoms with van der Waals surface area (Å²) in [6.45, 7) is 5.38. The van der Waals surface area contributed by atoms with Crippen LogP contribution in [-0.2, 0) is 11.3 Å². The molecular weight excluding hydrogens is 507 g/mol. The molecule has 0 bridgehead atoms. The number of nitrogens with zero attached hydrogens (tertiary/aromatic N) is 3. The van der Waals surface area contributed by atoms with Crippen LogP contribution in [0.4, 0.5) is 5.82 Å². The third kappa shape index (κ3) is 8.00. The first-order valence-corrected chi connectivity index (χ1v) is 9.89. The summed E-state index contributed by atoms with van der Waals surface area (Å²) in [4.78, 5) is 25.4. The van der Waals surface area contributed by atoms with Crippen LogP contribution in [0.5, 0.6) is 0 Å². The summed E-state index contributed by atoms with van der Waals surface area (Å²) in [5.74, 6) is 1.63. The molecule has 0 aliphatic rings. The van der Waals surface area contributed by atoms with E-state index in [1.165, 1.54) is 0 Å². The van der Waals surface area contributed by atoms with Gasteiger partial charge in [0.25, 0.3) is 0 Å². The van der Waals surface area contributed by atoms with Crippen LogP contribution < -0.4 is 16.0 Å². The number of pyridine rings is 1. The molecule has 0 spiro atoms. The van der Waals surface area contributed by atoms with Gasteiger partial charge in [0.1, 0.15) is 17.8 Å². The summed E-state index contributed by atoms with van der Waals surface area (Å²) < 4.78 is 5.54. The fourth-order valence-corrected chi connectivity index (χ4v) is 2.71. The third-order valence-corrected chi connectivity index (χ3v) is 4.12. The molecular formula is C22H27IN6O2. The molecule has 0 unspecified atom stereocenters. The highest BCUT2D eigenvalue weighted by Gasteiger charge is 2.07. The van der Waals surface area contributed by atoms with E-state index in [2.05, 4.69) is 30.9 Å². The van der Waals surface area contributed by atoms with Crippen molar-refractivity contribution in [2.75, 3.05) is 18.4 Å². The van der Waals surface area contributed by atoms with Crippen molar-refractivity contribution >= 4 is 41.7 Å². The number of guanidine groups is 1. The molecule has 1 amide bonds. The minimum Gasteiger partial charge on any atom is -0.444 e. The number of oxazole rings is 1. The predicted molar refractivity (Wildman–Crippen MR) is 132 cm³/mol. The molecule has 3 aromatic rings. The first-order valence-electron chi connectivity index (χ1n) is 9.89. The van der Waals surface area contributed by atoms with E-state index in [0.717, 1.165) is 17.0 Å². The summed E-state index contributed by atoms with van der Waals surface area (Å²) in [6, 6.07) is 15.2. The molecule has 0 fully saturated rings. The van der Waals surface area contributed by atoms with Crippen molar-refractivity contribution in [3.63, 3.8) is 0 Å². The summed E-state index contributed by atoms with van der Waals surface area (Å²) in [6.07, 6.45) is 1.90. The molecule has 8 nitrogen and oxygen atoms in total. The van der Waals surface area contributed by atoms with Crippen molar-refractivity contribution < 1.29 is 9.21 Å². The number of amides is 1. The van der Waals surface area contributed by atoms with Gasteiger partial charge in [-0.05, 0) is 38.1 Å². The highest BCUT2D eigenvalue weighted by molar-refractivity contribution is 14.0. The molecule has 2 aromatic heterocycles. The Morgan fingerprint density at radius 1 is 1.06 bits per heavy atom. The highest BCUT2D eigenvalue weighted by Crippen LogP contribution is 2.18. The number of hydrogen-bond donors (Lipinski definition) is 3. The van der Waals surface area contributed by atoms with Gasteiger partial charge in [0.2, 0.25) is 11.8 Å². The highest BCUT2D eigenvalue weighted by atomic mass is 127. The van der Waals surface area contributed by atoms with Gasteiger partial charge in [0.15, 0.2) is 5.96 Å². The lowest BCUT2D eigenvalue weighted by molar-refractivity contribution is -0.116. The van der Waals surface area contributed by atoms with Gasteiger partial charge >= 0.3 is 0 Å². The Morgan fingerprint density at radius 2 is 1.87 bits per heavy atom. The molecule has 9 heteroatoms. The van der Waals surface area contributed by atoms with Crippen molar-refractivity contribution in [1.29, 1.82) is 0 Å². The van der Waals surface area contributed by atoms with Gasteiger partial charge in [-0.25, -0.2) is 15.0 Å². The Bertz CT molecular complexity index is 990. The first-order chi connectivity index (χ1) is 14.6. The Labute approximate surface area is 199 Å². The zero-order valence-electron chi connectivity index (χ0n) is 17.6. The van der Waals surface area contributed by atoms with Gasteiger partial charge in [-0.3, -0.25) is 4.79 Å². The molecule has 3 N–H and O–H groups in total. The number of benzene rings is 1. The van der Waals surface area contributed by atoms with E-state index in [0.29, 0.717) is 43.7 Å². The number of aromatic nitrogens is 2. The maximum absolute atomic E-state index is 12.1. The number of carbonyl (C=O) groups is 1. The van der Waals surface area contributed by atoms with Crippen LogP contribution in [-0.4, -0.2) is 34.9 Å². The Morgan fingerprint density at radius 3 is 2.61 bits per heavy atom. The van der Waals surface area contributed by atoms with Crippen LogP contribution in [0, 0.1) is 6.92 Å². The maximum Gasteiger partial charge on any atom is 0.227 e. The van der Waals surface area contributed by atoms with Crippen molar-refractivity contribution in [3.8, 4) is 11.5 Å². The topological polar surface area (TPSA) is 104 Å². The lowest BCUT2D eigenvalue weighted by Crippen LogP contribution is -2.38. The average Bonchev–Trinajstić information content (AvgIpc) is 3.22. The zero-order chi connectivity index (χ0) is 21.2. The quantitative estimate of drug-likeness (QED) is 0.231. The van der Waals surface area contributed by atoms with Gasteiger partial charge in [0.05, 0.1) is 6.54 Å². The SMILES string of the molecule is CCNC(=NCc1coc(-c2ccccc2)n1)NCCC(=O)Nc1cccc(C)n1.I. The minimum absolute atomic E-state index is 0. The summed E-state index contributed by atoms with van der Waals surface area (Å²) >= 11 is 0. The largest absolute Gasteiger partial charge is 0.444 e. The van der Waals surface area contributed by atoms with E-state index in [-0.39, 0.29) is 29.9 Å². The summed E-state index contributed by atoms with van der Waals surface area (Å²) in [5, 5.41) is 9.11. The molecule has 0 aliphatic carbocycles. The minimum atomic E-state index is -0.111. The lowest BCUT2D eigenvalue weighted by atomic mass is 10.2. The average molecular weight is 534 g/mol. The van der Waals surface area contributed by atoms with E-state index in [1.54, 1.807) is 12.3 Å². The molecule has 31 heavy (non-hydrogen) atoms. The molecule has 0 saturated heterocycles. The summed E-state index contributed by atoms with van der Waals surface area (Å²) in [5.41, 5.74) is 2.51. The van der Waals surface area contributed by atoms with Crippen LogP contribution in [0.1, 0.15) is 24.7 Å². The second-order valence-corrected chi connectivity index (χ2v) is 6.59. The first kappa shape index (κ1) is 24.3. The van der Waals surface area contributed by atoms with Crippen LogP contribution >= 0.6 is 24.0 Å². The molecule has 3 rings (SSSR count). The number of hydrogen-bond acceptors (Lipinski definition) is 5. The molecule has 0 radical (unpaired) electrons. The maximum atomic E-state index is 12.1. The molecule has 0 aliphatic heterocycles. The molecule has 1 aromatic carbocycles. The number of anilines is 1. The summed E-state index contributed by atoms with van der Waals surface area (Å²) in [7, 11) is 0. The Kier molecular flexibility index (Phi) is 9.95. The third-order valence-electron chi connectivity index (χ3n) is 4.12. The van der Waals surface area contributed by atoms with Gasteiger partial charge < -0.3 is 20.4 Å². The molecule has 0 atom stereocenters. The van der Waals surface area contributed by atoms with Crippen LogP contribution in [0.2, 0.25) is 0 Å². The molecule has 2 heterocycles. The van der Waals surface area contributed by atoms with Crippen molar-refractivity contribution in [2.45, 2.75) is 26.8 Å². The Balaban J connectivity index is 0.00000341. The number of carbonyl (C=O) groups excluding carboxylic acids is 1. The lowest BCUT2D eigenvalue weighted by Gasteiger charge is -2.11. The van der Waals surface area contributed by atoms with E-state index in [4.69, 9.17) is 4.42 Å². The van der Waals surface area contributed by atoms with Gasteiger partial charge in [0, 0.05) is 30.8 Å². The van der Waals surface area contributed by atoms with Crippen LogP contribution in [0.15, 0.2) is 64.2 Å². The van der Waals surface area contributed by atoms with E-state index in [1.807, 2.05) is 56.3 Å². The normalized spacial score (nSPS) is 10.8. The number of rotatable bonds is 8. The number of aliphatic imine (C=N–C) groups is 1. The fraction of sp³-hybridized carbons (Fsp3) is 0.273. The van der Waals surface area contributed by atoms with Crippen molar-refractivity contribution in [2.24, 2.45) is 4.99 Å². The number of nitrogens with one attached hydrogen (secondary N) is 3. The smallest absolute Gasteiger partial charge is 0.227 e. The second-order valence-electron chi connectivity index (χ2n) is 6.59. The van der Waals surface area contributed by atoms with Gasteiger partial charge in [-0.2, -0.15) is 0 Å². The molecule has 164 valence electrons. The van der Waals surface area contributed by atoms with Gasteiger partial charge in [-0.15, -0.1) is 24.0 Å². The fourth-order valence-electron chi connectivity index (χ4n) is 2.71. The van der Waals surface area contributed by atoms with Crippen LogP contribution in [0.25, 0.3) is 11.5 Å². The number of halogens is 1. The van der Waals surface area contributed by atoms with E-state index >= 15 is 0 Å². The Hall–Kier alpha value is -2.95. The van der Waals surface area contributed by atoms with Crippen LogP contribution in [0.3, 0.4) is 0 Å². The standard InChI is InChI=1S/C22H26N6O2.HI/c1-3-23-22(24-13-12-20(29)28-19-11-7-8-16(2)26-19)25-14-18-15-30-21(27-18)17-9-5-4-6-10-17;/h4-11,15H,3,12-14H2,1-2H3,(H2,23,24,25)(H,26,28,29);1H. The van der Waals surface area contributed by atoms with E-state index in [9.17, 15) is 4.79 Å². The van der Waals surface area contributed by atoms with Gasteiger partial charge in [-0.1, -0.05) is 24.3 Å². The monoisotopic (exact) mass is 534 g/mol. The molecule has 0 saturated carbocycles. The zero-order valence-corrected chi connectivity index (χ0v) is 19.9. The second kappa shape index (κ2) is 12.7. The van der Waals surface area contributed by atoms with Crippen molar-refractivity contribution in [1.82, 2.24) is 20.6 Å². The predicted octanol–water partition coefficient (Wildman–Crippen LogP) is 3.75.